The van der Waals surface area contributed by atoms with Crippen molar-refractivity contribution < 1.29 is 9.21 Å². The summed E-state index contributed by atoms with van der Waals surface area (Å²) in [5.41, 5.74) is 0.0717. The standard InChI is InChI=1S/C19H24N6O3/c1-12-5-6-14(28-12)17(27)23-7-9-24(10-8-23)18-21-15-13(16(26)22-18)11-20-25(15)19(2,3)4/h5-6,11H,7-10H2,1-4H3,(H,21,22,26). The molecule has 1 saturated heterocycles. The molecule has 0 spiro atoms. The van der Waals surface area contributed by atoms with Crippen LogP contribution in [0.25, 0.3) is 11.0 Å². The van der Waals surface area contributed by atoms with Crippen molar-refractivity contribution in [2.75, 3.05) is 31.1 Å². The molecule has 1 fully saturated rings. The molecule has 0 atom stereocenters. The van der Waals surface area contributed by atoms with E-state index in [-0.39, 0.29) is 17.0 Å². The van der Waals surface area contributed by atoms with Gasteiger partial charge in [-0.05, 0) is 39.8 Å². The van der Waals surface area contributed by atoms with Gasteiger partial charge in [0.25, 0.3) is 11.5 Å². The number of furan rings is 1. The molecule has 9 heteroatoms. The van der Waals surface area contributed by atoms with E-state index in [1.807, 2.05) is 32.6 Å². The van der Waals surface area contributed by atoms with E-state index in [0.29, 0.717) is 54.7 Å². The van der Waals surface area contributed by atoms with Crippen LogP contribution in [0.3, 0.4) is 0 Å². The number of aromatic amines is 1. The Kier molecular flexibility index (Phi) is 4.24. The zero-order valence-corrected chi connectivity index (χ0v) is 16.5. The van der Waals surface area contributed by atoms with Gasteiger partial charge in [0.2, 0.25) is 5.95 Å². The second-order valence-electron chi connectivity index (χ2n) is 8.04. The number of rotatable bonds is 2. The van der Waals surface area contributed by atoms with Crippen molar-refractivity contribution in [3.63, 3.8) is 0 Å². The molecular weight excluding hydrogens is 360 g/mol. The van der Waals surface area contributed by atoms with Crippen LogP contribution in [0.2, 0.25) is 0 Å². The quantitative estimate of drug-likeness (QED) is 0.722. The summed E-state index contributed by atoms with van der Waals surface area (Å²) in [7, 11) is 0. The summed E-state index contributed by atoms with van der Waals surface area (Å²) >= 11 is 0. The first kappa shape index (κ1) is 18.3. The van der Waals surface area contributed by atoms with Gasteiger partial charge in [0.15, 0.2) is 11.4 Å². The molecule has 1 aliphatic rings. The second kappa shape index (κ2) is 6.50. The summed E-state index contributed by atoms with van der Waals surface area (Å²) in [4.78, 5) is 36.3. The number of nitrogens with one attached hydrogen (secondary N) is 1. The van der Waals surface area contributed by atoms with Crippen LogP contribution >= 0.6 is 0 Å². The van der Waals surface area contributed by atoms with E-state index in [4.69, 9.17) is 4.42 Å². The maximum absolute atomic E-state index is 12.5. The largest absolute Gasteiger partial charge is 0.456 e. The van der Waals surface area contributed by atoms with Crippen LogP contribution in [-0.2, 0) is 5.54 Å². The number of hydrogen-bond donors (Lipinski definition) is 1. The van der Waals surface area contributed by atoms with Crippen LogP contribution in [0, 0.1) is 6.92 Å². The average Bonchev–Trinajstić information content (AvgIpc) is 3.27. The van der Waals surface area contributed by atoms with E-state index in [2.05, 4.69) is 15.1 Å². The summed E-state index contributed by atoms with van der Waals surface area (Å²) in [6, 6.07) is 3.48. The minimum absolute atomic E-state index is 0.115. The average molecular weight is 384 g/mol. The number of hydrogen-bond acceptors (Lipinski definition) is 6. The summed E-state index contributed by atoms with van der Waals surface area (Å²) in [6.45, 7) is 10.1. The van der Waals surface area contributed by atoms with Crippen molar-refractivity contribution in [2.24, 2.45) is 0 Å². The molecule has 0 bridgehead atoms. The van der Waals surface area contributed by atoms with Gasteiger partial charge in [0.05, 0.1) is 11.7 Å². The van der Waals surface area contributed by atoms with Gasteiger partial charge < -0.3 is 14.2 Å². The van der Waals surface area contributed by atoms with E-state index < -0.39 is 0 Å². The van der Waals surface area contributed by atoms with Crippen LogP contribution < -0.4 is 10.5 Å². The zero-order chi connectivity index (χ0) is 20.1. The minimum Gasteiger partial charge on any atom is -0.456 e. The van der Waals surface area contributed by atoms with Gasteiger partial charge in [0.1, 0.15) is 11.1 Å². The van der Waals surface area contributed by atoms with Crippen molar-refractivity contribution in [2.45, 2.75) is 33.2 Å². The van der Waals surface area contributed by atoms with Gasteiger partial charge in [0, 0.05) is 26.2 Å². The molecule has 3 aromatic heterocycles. The van der Waals surface area contributed by atoms with E-state index >= 15 is 0 Å². The van der Waals surface area contributed by atoms with E-state index in [0.717, 1.165) is 0 Å². The number of aryl methyl sites for hydroxylation is 1. The van der Waals surface area contributed by atoms with Crippen LogP contribution in [0.15, 0.2) is 27.5 Å². The molecule has 3 aromatic rings. The second-order valence-corrected chi connectivity index (χ2v) is 8.04. The van der Waals surface area contributed by atoms with Crippen molar-refractivity contribution in [1.82, 2.24) is 24.6 Å². The normalized spacial score (nSPS) is 15.4. The summed E-state index contributed by atoms with van der Waals surface area (Å²) in [5.74, 6) is 1.46. The van der Waals surface area contributed by atoms with Crippen molar-refractivity contribution >= 4 is 22.9 Å². The highest BCUT2D eigenvalue weighted by molar-refractivity contribution is 5.91. The highest BCUT2D eigenvalue weighted by atomic mass is 16.3. The minimum atomic E-state index is -0.286. The Morgan fingerprint density at radius 3 is 2.50 bits per heavy atom. The first-order valence-corrected chi connectivity index (χ1v) is 9.33. The number of anilines is 1. The molecule has 4 heterocycles. The summed E-state index contributed by atoms with van der Waals surface area (Å²) < 4.78 is 7.20. The lowest BCUT2D eigenvalue weighted by Gasteiger charge is -2.34. The molecule has 28 heavy (non-hydrogen) atoms. The fourth-order valence-corrected chi connectivity index (χ4v) is 3.37. The van der Waals surface area contributed by atoms with E-state index in [1.165, 1.54) is 0 Å². The molecule has 9 nitrogen and oxygen atoms in total. The topological polar surface area (TPSA) is 100 Å². The molecule has 0 saturated carbocycles. The van der Waals surface area contributed by atoms with E-state index in [9.17, 15) is 9.59 Å². The Hall–Kier alpha value is -3.10. The Labute approximate surface area is 161 Å². The number of piperazine rings is 1. The third-order valence-electron chi connectivity index (χ3n) is 4.88. The fourth-order valence-electron chi connectivity index (χ4n) is 3.37. The van der Waals surface area contributed by atoms with Crippen LogP contribution in [0.1, 0.15) is 37.1 Å². The third-order valence-corrected chi connectivity index (χ3v) is 4.88. The Morgan fingerprint density at radius 2 is 1.89 bits per heavy atom. The maximum Gasteiger partial charge on any atom is 0.289 e. The highest BCUT2D eigenvalue weighted by Crippen LogP contribution is 2.20. The van der Waals surface area contributed by atoms with Gasteiger partial charge >= 0.3 is 0 Å². The van der Waals surface area contributed by atoms with Crippen LogP contribution in [-0.4, -0.2) is 56.7 Å². The van der Waals surface area contributed by atoms with Gasteiger partial charge in [-0.25, -0.2) is 4.68 Å². The maximum atomic E-state index is 12.5. The molecule has 0 radical (unpaired) electrons. The Morgan fingerprint density at radius 1 is 1.18 bits per heavy atom. The zero-order valence-electron chi connectivity index (χ0n) is 16.5. The van der Waals surface area contributed by atoms with Crippen LogP contribution in [0.4, 0.5) is 5.95 Å². The lowest BCUT2D eigenvalue weighted by Crippen LogP contribution is -2.49. The highest BCUT2D eigenvalue weighted by Gasteiger charge is 2.26. The Balaban J connectivity index is 1.55. The number of carbonyl (C=O) groups excluding carboxylic acids is 1. The molecule has 1 amide bonds. The van der Waals surface area contributed by atoms with Crippen molar-refractivity contribution in [3.8, 4) is 0 Å². The predicted octanol–water partition coefficient (Wildman–Crippen LogP) is 1.74. The van der Waals surface area contributed by atoms with Crippen LogP contribution in [0.5, 0.6) is 0 Å². The van der Waals surface area contributed by atoms with Crippen molar-refractivity contribution in [3.05, 3.63) is 40.2 Å². The van der Waals surface area contributed by atoms with Crippen molar-refractivity contribution in [1.29, 1.82) is 0 Å². The molecule has 1 aliphatic heterocycles. The molecule has 4 rings (SSSR count). The number of nitrogens with zero attached hydrogens (tertiary/aromatic N) is 5. The first-order valence-electron chi connectivity index (χ1n) is 9.33. The molecule has 148 valence electrons. The number of carbonyl (C=O) groups is 1. The molecule has 1 N–H and O–H groups in total. The van der Waals surface area contributed by atoms with E-state index in [1.54, 1.807) is 27.9 Å². The number of aromatic nitrogens is 4. The number of H-pyrrole nitrogens is 1. The number of fused-ring (bicyclic) bond motifs is 1. The van der Waals surface area contributed by atoms with Gasteiger partial charge in [-0.1, -0.05) is 0 Å². The molecule has 0 aliphatic carbocycles. The number of amides is 1. The lowest BCUT2D eigenvalue weighted by molar-refractivity contribution is 0.0712. The monoisotopic (exact) mass is 384 g/mol. The fraction of sp³-hybridized carbons (Fsp3) is 0.474. The van der Waals surface area contributed by atoms with Gasteiger partial charge in [-0.3, -0.25) is 14.6 Å². The SMILES string of the molecule is Cc1ccc(C(=O)N2CCN(c3nc4c(cnn4C(C)(C)C)c(=O)[nH]3)CC2)o1. The summed E-state index contributed by atoms with van der Waals surface area (Å²) in [5, 5.41) is 4.81. The van der Waals surface area contributed by atoms with Gasteiger partial charge in [-0.2, -0.15) is 10.1 Å². The first-order chi connectivity index (χ1) is 13.2. The third kappa shape index (κ3) is 3.17. The molecule has 0 aromatic carbocycles. The lowest BCUT2D eigenvalue weighted by atomic mass is 10.1. The smallest absolute Gasteiger partial charge is 0.289 e. The summed E-state index contributed by atoms with van der Waals surface area (Å²) in [6.07, 6.45) is 1.55. The molecular formula is C19H24N6O3. The molecule has 0 unspecified atom stereocenters. The van der Waals surface area contributed by atoms with Gasteiger partial charge in [-0.15, -0.1) is 0 Å². The predicted molar refractivity (Wildman–Crippen MR) is 105 cm³/mol. The Bertz CT molecular complexity index is 1080.